The lowest BCUT2D eigenvalue weighted by Gasteiger charge is -2.67. The molecule has 0 radical (unpaired) electrons. The van der Waals surface area contributed by atoms with Gasteiger partial charge in [0.1, 0.15) is 29.0 Å². The van der Waals surface area contributed by atoms with Crippen LogP contribution < -0.4 is 0 Å². The van der Waals surface area contributed by atoms with Crippen LogP contribution in [-0.2, 0) is 23.7 Å². The minimum absolute atomic E-state index is 0.0803. The summed E-state index contributed by atoms with van der Waals surface area (Å²) in [6.07, 6.45) is -2.27. The van der Waals surface area contributed by atoms with E-state index in [9.17, 15) is 35.7 Å². The first-order valence-corrected chi connectivity index (χ1v) is 17.2. The summed E-state index contributed by atoms with van der Waals surface area (Å²) < 4.78 is 30.6. The lowest BCUT2D eigenvalue weighted by Crippen LogP contribution is -2.78. The van der Waals surface area contributed by atoms with Crippen LogP contribution in [0.4, 0.5) is 0 Å². The van der Waals surface area contributed by atoms with Crippen LogP contribution in [0, 0.1) is 16.7 Å². The van der Waals surface area contributed by atoms with Gasteiger partial charge in [-0.25, -0.2) is 0 Å². The number of fused-ring (bicyclic) bond motifs is 5. The number of hydrogen-bond donors (Lipinski definition) is 7. The maximum atomic E-state index is 12.4. The number of hydrogen-bond acceptors (Lipinski definition) is 12. The second-order valence-corrected chi connectivity index (χ2v) is 15.7. The highest BCUT2D eigenvalue weighted by Gasteiger charge is 2.80. The molecular weight excluding hydrogens is 600 g/mol. The number of aliphatic hydroxyl groups is 7. The Bertz CT molecular complexity index is 1150. The van der Waals surface area contributed by atoms with E-state index in [0.29, 0.717) is 25.7 Å². The van der Waals surface area contributed by atoms with Gasteiger partial charge in [0.25, 0.3) is 0 Å². The van der Waals surface area contributed by atoms with E-state index < -0.39 is 88.9 Å². The molecule has 0 amide bonds. The summed E-state index contributed by atoms with van der Waals surface area (Å²) in [6, 6.07) is 0. The first kappa shape index (κ1) is 35.1. The summed E-state index contributed by atoms with van der Waals surface area (Å²) in [5, 5.41) is 78.6. The Morgan fingerprint density at radius 2 is 1.59 bits per heavy atom. The van der Waals surface area contributed by atoms with Crippen molar-refractivity contribution in [3.05, 3.63) is 11.6 Å². The second-order valence-electron chi connectivity index (χ2n) is 15.7. The topological polar surface area (TPSA) is 188 Å². The highest BCUT2D eigenvalue weighted by Crippen LogP contribution is 2.70. The van der Waals surface area contributed by atoms with Gasteiger partial charge in [0.15, 0.2) is 12.6 Å². The molecule has 0 aromatic heterocycles. The van der Waals surface area contributed by atoms with E-state index in [1.165, 1.54) is 6.92 Å². The second kappa shape index (κ2) is 11.9. The van der Waals surface area contributed by atoms with Crippen molar-refractivity contribution in [3.8, 4) is 0 Å². The Balaban J connectivity index is 1.14. The van der Waals surface area contributed by atoms with Crippen LogP contribution in [0.2, 0.25) is 0 Å². The van der Waals surface area contributed by atoms with E-state index in [2.05, 4.69) is 6.92 Å². The van der Waals surface area contributed by atoms with Gasteiger partial charge in [0.2, 0.25) is 0 Å². The van der Waals surface area contributed by atoms with Crippen molar-refractivity contribution in [3.63, 3.8) is 0 Å². The standard InChI is InChI=1S/C34H56O12/c1-17-28(38)22(36)14-26(43-17)46-29-18(2)44-27(15-23(29)42-6)45-21-8-9-30(4)20(13-21)7-10-33(40)24(30)16-25(37)31(5)32(39,19(3)35)11-12-34(31,33)41/h7,17-19,21-29,35-41H,8-16H2,1-6H3/t17-,18+,19-,21-,22+,23-,24+,25+,26-,27-,28-,29+,30-,31+,32+,33-,34+/m0/s1. The number of methoxy groups -OCH3 is 1. The SMILES string of the molecule is CO[C@H]1C[C@H](O[C@H]2CC[C@@]3(C)C(=CC[C@]4(O)[C@@H]3C[C@@H](O)[C@@]3(C)[C@]4(O)CC[C@@]3(O)[C@H](C)O)C2)O[C@H](C)[C@H]1O[C@H]1C[C@@H](O)[C@@H](O)[C@H](C)O1. The third kappa shape index (κ3) is 4.92. The summed E-state index contributed by atoms with van der Waals surface area (Å²) in [5.74, 6) is -0.448. The fourth-order valence-electron chi connectivity index (χ4n) is 10.5. The quantitative estimate of drug-likeness (QED) is 0.202. The van der Waals surface area contributed by atoms with E-state index in [4.69, 9.17) is 23.7 Å². The zero-order valence-electron chi connectivity index (χ0n) is 28.0. The van der Waals surface area contributed by atoms with E-state index in [-0.39, 0.29) is 44.3 Å². The molecule has 0 bridgehead atoms. The van der Waals surface area contributed by atoms with Crippen LogP contribution in [0.5, 0.6) is 0 Å². The Morgan fingerprint density at radius 3 is 2.24 bits per heavy atom. The van der Waals surface area contributed by atoms with Crippen molar-refractivity contribution in [2.45, 2.75) is 177 Å². The summed E-state index contributed by atoms with van der Waals surface area (Å²) in [5.41, 5.74) is -5.98. The molecule has 264 valence electrons. The van der Waals surface area contributed by atoms with Gasteiger partial charge in [-0.1, -0.05) is 25.5 Å². The molecule has 12 heteroatoms. The van der Waals surface area contributed by atoms with Crippen molar-refractivity contribution in [1.29, 1.82) is 0 Å². The van der Waals surface area contributed by atoms with E-state index in [0.717, 1.165) is 5.57 Å². The third-order valence-electron chi connectivity index (χ3n) is 13.6. The molecule has 0 aromatic rings. The van der Waals surface area contributed by atoms with Crippen molar-refractivity contribution >= 4 is 0 Å². The Kier molecular flexibility index (Phi) is 9.12. The molecule has 2 saturated heterocycles. The van der Waals surface area contributed by atoms with Crippen molar-refractivity contribution < 1.29 is 59.4 Å². The highest BCUT2D eigenvalue weighted by molar-refractivity contribution is 5.36. The Hall–Kier alpha value is -0.740. The average Bonchev–Trinajstić information content (AvgIpc) is 3.23. The minimum Gasteiger partial charge on any atom is -0.392 e. The largest absolute Gasteiger partial charge is 0.392 e. The molecule has 3 saturated carbocycles. The van der Waals surface area contributed by atoms with Gasteiger partial charge < -0.3 is 59.4 Å². The van der Waals surface area contributed by atoms with E-state index >= 15 is 0 Å². The fourth-order valence-corrected chi connectivity index (χ4v) is 10.5. The normalized spacial score (nSPS) is 56.4. The van der Waals surface area contributed by atoms with Gasteiger partial charge in [-0.2, -0.15) is 0 Å². The van der Waals surface area contributed by atoms with Gasteiger partial charge in [0.05, 0.1) is 48.1 Å². The summed E-state index contributed by atoms with van der Waals surface area (Å²) in [4.78, 5) is 0. The van der Waals surface area contributed by atoms with Gasteiger partial charge in [-0.3, -0.25) is 0 Å². The Morgan fingerprint density at radius 1 is 0.913 bits per heavy atom. The summed E-state index contributed by atoms with van der Waals surface area (Å²) >= 11 is 0. The molecule has 5 fully saturated rings. The lowest BCUT2D eigenvalue weighted by atomic mass is 9.42. The number of rotatable bonds is 6. The molecule has 2 heterocycles. The molecular formula is C34H56O12. The van der Waals surface area contributed by atoms with Crippen molar-refractivity contribution in [1.82, 2.24) is 0 Å². The first-order valence-electron chi connectivity index (χ1n) is 17.2. The molecule has 6 rings (SSSR count). The summed E-state index contributed by atoms with van der Waals surface area (Å²) in [6.45, 7) is 8.77. The van der Waals surface area contributed by atoms with Crippen LogP contribution in [-0.4, -0.2) is 127 Å². The average molecular weight is 657 g/mol. The van der Waals surface area contributed by atoms with Crippen molar-refractivity contribution in [2.24, 2.45) is 16.7 Å². The van der Waals surface area contributed by atoms with Gasteiger partial charge in [-0.05, 0) is 71.1 Å². The zero-order valence-corrected chi connectivity index (χ0v) is 28.0. The molecule has 17 atom stereocenters. The molecule has 0 spiro atoms. The number of aliphatic hydroxyl groups excluding tert-OH is 4. The third-order valence-corrected chi connectivity index (χ3v) is 13.6. The predicted octanol–water partition coefficient (Wildman–Crippen LogP) is 1.04. The fraction of sp³-hybridized carbons (Fsp3) is 0.941. The molecule has 2 aliphatic heterocycles. The molecule has 46 heavy (non-hydrogen) atoms. The maximum Gasteiger partial charge on any atom is 0.161 e. The predicted molar refractivity (Wildman–Crippen MR) is 163 cm³/mol. The molecule has 0 unspecified atom stereocenters. The zero-order chi connectivity index (χ0) is 33.6. The highest BCUT2D eigenvalue weighted by atomic mass is 16.7. The van der Waals surface area contributed by atoms with Gasteiger partial charge in [0, 0.05) is 25.9 Å². The van der Waals surface area contributed by atoms with Crippen LogP contribution in [0.25, 0.3) is 0 Å². The smallest absolute Gasteiger partial charge is 0.161 e. The van der Waals surface area contributed by atoms with Crippen molar-refractivity contribution in [2.75, 3.05) is 7.11 Å². The van der Waals surface area contributed by atoms with Gasteiger partial charge >= 0.3 is 0 Å². The van der Waals surface area contributed by atoms with Gasteiger partial charge in [-0.15, -0.1) is 0 Å². The molecule has 7 N–H and O–H groups in total. The summed E-state index contributed by atoms with van der Waals surface area (Å²) in [7, 11) is 1.61. The lowest BCUT2D eigenvalue weighted by molar-refractivity contribution is -0.327. The van der Waals surface area contributed by atoms with E-state index in [1.807, 2.05) is 13.0 Å². The van der Waals surface area contributed by atoms with E-state index in [1.54, 1.807) is 21.0 Å². The molecule has 0 aromatic carbocycles. The molecule has 6 aliphatic rings. The molecule has 12 nitrogen and oxygen atoms in total. The molecule has 4 aliphatic carbocycles. The minimum atomic E-state index is -1.79. The number of ether oxygens (including phenoxy) is 5. The maximum absolute atomic E-state index is 12.4. The van der Waals surface area contributed by atoms with Crippen LogP contribution in [0.15, 0.2) is 11.6 Å². The van der Waals surface area contributed by atoms with Crippen LogP contribution in [0.3, 0.4) is 0 Å². The van der Waals surface area contributed by atoms with Crippen LogP contribution in [0.1, 0.15) is 92.4 Å². The Labute approximate surface area is 271 Å². The monoisotopic (exact) mass is 656 g/mol. The van der Waals surface area contributed by atoms with Crippen LogP contribution >= 0.6 is 0 Å². The first-order chi connectivity index (χ1) is 21.4.